The zero-order valence-corrected chi connectivity index (χ0v) is 13.7. The quantitative estimate of drug-likeness (QED) is 0.269. The van der Waals surface area contributed by atoms with Gasteiger partial charge in [-0.3, -0.25) is 0 Å². The van der Waals surface area contributed by atoms with Crippen LogP contribution in [0.1, 0.15) is 58.3 Å². The molecule has 0 aromatic rings. The second-order valence-corrected chi connectivity index (χ2v) is 5.02. The van der Waals surface area contributed by atoms with Crippen molar-refractivity contribution in [3.05, 3.63) is 24.4 Å². The summed E-state index contributed by atoms with van der Waals surface area (Å²) in [5.41, 5.74) is 0. The smallest absolute Gasteiger partial charge is 0.318 e. The van der Waals surface area contributed by atoms with Crippen molar-refractivity contribution < 1.29 is 14.2 Å². The van der Waals surface area contributed by atoms with Crippen LogP contribution in [0.3, 0.4) is 0 Å². The summed E-state index contributed by atoms with van der Waals surface area (Å²) in [5.74, 6) is 1.34. The van der Waals surface area contributed by atoms with Crippen LogP contribution in [0, 0.1) is 5.92 Å². The lowest BCUT2D eigenvalue weighted by molar-refractivity contribution is 0.0610. The molecule has 0 aliphatic rings. The van der Waals surface area contributed by atoms with Crippen LogP contribution in [-0.4, -0.2) is 21.3 Å². The number of rotatable bonds is 13. The van der Waals surface area contributed by atoms with Gasteiger partial charge in [0.05, 0.1) is 21.3 Å². The monoisotopic (exact) mass is 284 g/mol. The summed E-state index contributed by atoms with van der Waals surface area (Å²) in [5, 5.41) is 0. The second-order valence-electron chi connectivity index (χ2n) is 5.02. The van der Waals surface area contributed by atoms with Gasteiger partial charge in [0.2, 0.25) is 0 Å². The molecule has 0 fully saturated rings. The first-order valence-corrected chi connectivity index (χ1v) is 7.73. The van der Waals surface area contributed by atoms with Crippen molar-refractivity contribution in [1.29, 1.82) is 0 Å². The van der Waals surface area contributed by atoms with Gasteiger partial charge in [-0.2, -0.15) is 0 Å². The third-order valence-electron chi connectivity index (χ3n) is 3.53. The summed E-state index contributed by atoms with van der Waals surface area (Å²) < 4.78 is 15.8. The van der Waals surface area contributed by atoms with Crippen LogP contribution in [0.25, 0.3) is 0 Å². The largest absolute Gasteiger partial charge is 0.493 e. The van der Waals surface area contributed by atoms with Gasteiger partial charge in [-0.25, -0.2) is 0 Å². The zero-order chi connectivity index (χ0) is 15.2. The molecule has 0 heterocycles. The third-order valence-corrected chi connectivity index (χ3v) is 3.53. The highest BCUT2D eigenvalue weighted by Gasteiger charge is 2.18. The van der Waals surface area contributed by atoms with Gasteiger partial charge in [0.15, 0.2) is 5.76 Å². The minimum Gasteiger partial charge on any atom is -0.493 e. The molecule has 0 bridgehead atoms. The van der Waals surface area contributed by atoms with Crippen LogP contribution >= 0.6 is 0 Å². The van der Waals surface area contributed by atoms with E-state index in [0.717, 1.165) is 12.2 Å². The summed E-state index contributed by atoms with van der Waals surface area (Å²) in [6.45, 7) is 6.14. The molecule has 1 atom stereocenters. The average Bonchev–Trinajstić information content (AvgIpc) is 2.48. The standard InChI is InChI=1S/C17H32O3/c1-6-8-9-10-11-12-13-14-15(7-2)16(18-3)17(19-4)20-5/h7,15H,2,6,8-14H2,1,3-5H3. The molecule has 0 radical (unpaired) electrons. The SMILES string of the molecule is C=CC(CCCCCCCCC)C(OC)=C(OC)OC. The van der Waals surface area contributed by atoms with Crippen molar-refractivity contribution >= 4 is 0 Å². The summed E-state index contributed by atoms with van der Waals surface area (Å²) in [4.78, 5) is 0. The lowest BCUT2D eigenvalue weighted by atomic mass is 9.98. The van der Waals surface area contributed by atoms with Crippen LogP contribution in [0.2, 0.25) is 0 Å². The third kappa shape index (κ3) is 7.46. The van der Waals surface area contributed by atoms with Gasteiger partial charge in [-0.15, -0.1) is 6.58 Å². The average molecular weight is 284 g/mol. The molecule has 0 saturated heterocycles. The molecular formula is C17H32O3. The van der Waals surface area contributed by atoms with E-state index in [2.05, 4.69) is 13.5 Å². The van der Waals surface area contributed by atoms with Crippen LogP contribution in [0.4, 0.5) is 0 Å². The van der Waals surface area contributed by atoms with Crippen LogP contribution < -0.4 is 0 Å². The molecule has 3 heteroatoms. The zero-order valence-electron chi connectivity index (χ0n) is 13.7. The lowest BCUT2D eigenvalue weighted by Gasteiger charge is -2.18. The minimum atomic E-state index is 0.158. The molecule has 20 heavy (non-hydrogen) atoms. The molecule has 0 aromatic carbocycles. The predicted molar refractivity (Wildman–Crippen MR) is 84.4 cm³/mol. The molecule has 0 spiro atoms. The number of methoxy groups -OCH3 is 3. The molecule has 0 aliphatic carbocycles. The molecule has 0 rings (SSSR count). The minimum absolute atomic E-state index is 0.158. The molecule has 0 aliphatic heterocycles. The highest BCUT2D eigenvalue weighted by atomic mass is 16.7. The van der Waals surface area contributed by atoms with Gasteiger partial charge >= 0.3 is 5.95 Å². The molecule has 0 amide bonds. The fraction of sp³-hybridized carbons (Fsp3) is 0.765. The van der Waals surface area contributed by atoms with Crippen molar-refractivity contribution in [3.8, 4) is 0 Å². The Bertz CT molecular complexity index is 265. The van der Waals surface area contributed by atoms with Crippen LogP contribution in [-0.2, 0) is 14.2 Å². The maximum Gasteiger partial charge on any atom is 0.318 e. The fourth-order valence-corrected chi connectivity index (χ4v) is 2.35. The van der Waals surface area contributed by atoms with Crippen molar-refractivity contribution in [1.82, 2.24) is 0 Å². The number of allylic oxidation sites excluding steroid dienone is 1. The molecule has 118 valence electrons. The van der Waals surface area contributed by atoms with Crippen molar-refractivity contribution in [2.24, 2.45) is 5.92 Å². The summed E-state index contributed by atoms with van der Waals surface area (Å²) >= 11 is 0. The van der Waals surface area contributed by atoms with E-state index >= 15 is 0 Å². The van der Waals surface area contributed by atoms with E-state index in [1.807, 2.05) is 6.08 Å². The molecule has 0 saturated carbocycles. The molecule has 1 unspecified atom stereocenters. The number of ether oxygens (including phenoxy) is 3. The first-order chi connectivity index (χ1) is 9.74. The summed E-state index contributed by atoms with van der Waals surface area (Å²) in [6.07, 6.45) is 12.1. The first kappa shape index (κ1) is 18.9. The van der Waals surface area contributed by atoms with E-state index in [1.165, 1.54) is 44.9 Å². The normalized spacial score (nSPS) is 11.6. The van der Waals surface area contributed by atoms with E-state index in [9.17, 15) is 0 Å². The van der Waals surface area contributed by atoms with Crippen molar-refractivity contribution in [3.63, 3.8) is 0 Å². The fourth-order valence-electron chi connectivity index (χ4n) is 2.35. The predicted octanol–water partition coefficient (Wildman–Crippen LogP) is 5.04. The van der Waals surface area contributed by atoms with Gasteiger partial charge in [-0.1, -0.05) is 57.9 Å². The Morgan fingerprint density at radius 2 is 1.45 bits per heavy atom. The van der Waals surface area contributed by atoms with Gasteiger partial charge in [0.1, 0.15) is 0 Å². The van der Waals surface area contributed by atoms with E-state index in [-0.39, 0.29) is 5.92 Å². The second kappa shape index (κ2) is 12.9. The lowest BCUT2D eigenvalue weighted by Crippen LogP contribution is -2.09. The molecule has 0 N–H and O–H groups in total. The Morgan fingerprint density at radius 3 is 1.90 bits per heavy atom. The van der Waals surface area contributed by atoms with E-state index < -0.39 is 0 Å². The Labute approximate surface area is 125 Å². The van der Waals surface area contributed by atoms with Gasteiger partial charge < -0.3 is 14.2 Å². The van der Waals surface area contributed by atoms with Crippen molar-refractivity contribution in [2.45, 2.75) is 58.3 Å². The maximum absolute atomic E-state index is 5.42. The first-order valence-electron chi connectivity index (χ1n) is 7.73. The number of hydrogen-bond acceptors (Lipinski definition) is 3. The van der Waals surface area contributed by atoms with E-state index in [1.54, 1.807) is 21.3 Å². The topological polar surface area (TPSA) is 27.7 Å². The molecule has 3 nitrogen and oxygen atoms in total. The molecule has 0 aromatic heterocycles. The summed E-state index contributed by atoms with van der Waals surface area (Å²) in [7, 11) is 4.83. The Morgan fingerprint density at radius 1 is 0.900 bits per heavy atom. The van der Waals surface area contributed by atoms with Crippen LogP contribution in [0.15, 0.2) is 24.4 Å². The Kier molecular flexibility index (Phi) is 12.2. The highest BCUT2D eigenvalue weighted by molar-refractivity contribution is 5.06. The molecular weight excluding hydrogens is 252 g/mol. The van der Waals surface area contributed by atoms with Crippen LogP contribution in [0.5, 0.6) is 0 Å². The van der Waals surface area contributed by atoms with E-state index in [0.29, 0.717) is 5.95 Å². The van der Waals surface area contributed by atoms with Gasteiger partial charge in [-0.05, 0) is 6.42 Å². The van der Waals surface area contributed by atoms with Gasteiger partial charge in [0, 0.05) is 5.92 Å². The van der Waals surface area contributed by atoms with Crippen molar-refractivity contribution in [2.75, 3.05) is 21.3 Å². The Hall–Kier alpha value is -1.12. The number of unbranched alkanes of at least 4 members (excludes halogenated alkanes) is 6. The highest BCUT2D eigenvalue weighted by Crippen LogP contribution is 2.24. The summed E-state index contributed by atoms with van der Waals surface area (Å²) in [6, 6.07) is 0. The number of hydrogen-bond donors (Lipinski definition) is 0. The Balaban J connectivity index is 4.14. The van der Waals surface area contributed by atoms with E-state index in [4.69, 9.17) is 14.2 Å². The maximum atomic E-state index is 5.42. The van der Waals surface area contributed by atoms with Gasteiger partial charge in [0.25, 0.3) is 0 Å².